The van der Waals surface area contributed by atoms with Crippen LogP contribution in [0.25, 0.3) is 11.0 Å². The Morgan fingerprint density at radius 3 is 3.08 bits per heavy atom. The van der Waals surface area contributed by atoms with Gasteiger partial charge < -0.3 is 9.72 Å². The van der Waals surface area contributed by atoms with Gasteiger partial charge >= 0.3 is 0 Å². The predicted octanol–water partition coefficient (Wildman–Crippen LogP) is 1.71. The highest BCUT2D eigenvalue weighted by molar-refractivity contribution is 5.75. The first kappa shape index (κ1) is 7.09. The topological polar surface area (TPSA) is 37.9 Å². The molecule has 1 heterocycles. The second-order valence-electron chi connectivity index (χ2n) is 2.41. The molecule has 62 valence electrons. The summed E-state index contributed by atoms with van der Waals surface area (Å²) in [6, 6.07) is 4.74. The third kappa shape index (κ3) is 1.01. The minimum absolute atomic E-state index is 0.284. The fourth-order valence-electron chi connectivity index (χ4n) is 1.06. The summed E-state index contributed by atoms with van der Waals surface area (Å²) >= 11 is 0. The molecule has 12 heavy (non-hydrogen) atoms. The number of H-pyrrole nitrogens is 1. The van der Waals surface area contributed by atoms with E-state index in [-0.39, 0.29) is 5.82 Å². The molecule has 0 amide bonds. The van der Waals surface area contributed by atoms with E-state index in [1.807, 2.05) is 0 Å². The summed E-state index contributed by atoms with van der Waals surface area (Å²) in [5.74, 6) is -0.284. The van der Waals surface area contributed by atoms with Crippen molar-refractivity contribution >= 4 is 11.0 Å². The Morgan fingerprint density at radius 1 is 1.50 bits per heavy atom. The molecular formula is C8H7FN2O. The lowest BCUT2D eigenvalue weighted by Crippen LogP contribution is -1.82. The maximum Gasteiger partial charge on any atom is 0.294 e. The van der Waals surface area contributed by atoms with Gasteiger partial charge in [-0.05, 0) is 18.2 Å². The zero-order chi connectivity index (χ0) is 8.55. The molecule has 0 aliphatic rings. The molecule has 3 nitrogen and oxygen atoms in total. The lowest BCUT2D eigenvalue weighted by Gasteiger charge is -1.87. The number of aromatic amines is 1. The summed E-state index contributed by atoms with van der Waals surface area (Å²) in [7, 11) is 1.51. The molecule has 0 unspecified atom stereocenters. The Hall–Kier alpha value is -1.58. The van der Waals surface area contributed by atoms with Crippen molar-refractivity contribution in [1.29, 1.82) is 0 Å². The van der Waals surface area contributed by atoms with Crippen molar-refractivity contribution < 1.29 is 9.13 Å². The molecule has 4 heteroatoms. The number of ether oxygens (including phenoxy) is 1. The molecule has 0 spiro atoms. The van der Waals surface area contributed by atoms with Gasteiger partial charge in [0.1, 0.15) is 5.82 Å². The predicted molar refractivity (Wildman–Crippen MR) is 42.6 cm³/mol. The molecule has 0 atom stereocenters. The number of nitrogens with zero attached hydrogens (tertiary/aromatic N) is 1. The lowest BCUT2D eigenvalue weighted by atomic mass is 10.3. The highest BCUT2D eigenvalue weighted by atomic mass is 19.1. The minimum Gasteiger partial charge on any atom is -0.468 e. The van der Waals surface area contributed by atoms with Crippen LogP contribution < -0.4 is 4.74 Å². The first-order valence-electron chi connectivity index (χ1n) is 3.49. The molecule has 0 bridgehead atoms. The van der Waals surface area contributed by atoms with E-state index < -0.39 is 0 Å². The van der Waals surface area contributed by atoms with Gasteiger partial charge in [-0.1, -0.05) is 0 Å². The van der Waals surface area contributed by atoms with E-state index in [9.17, 15) is 4.39 Å². The molecule has 0 aliphatic heterocycles. The number of methoxy groups -OCH3 is 1. The number of hydrogen-bond donors (Lipinski definition) is 1. The molecule has 2 aromatic rings. The van der Waals surface area contributed by atoms with Crippen LogP contribution in [0.15, 0.2) is 18.2 Å². The highest BCUT2D eigenvalue weighted by Crippen LogP contribution is 2.15. The molecule has 1 aromatic heterocycles. The van der Waals surface area contributed by atoms with Crippen LogP contribution in [0.1, 0.15) is 0 Å². The van der Waals surface area contributed by atoms with Crippen LogP contribution >= 0.6 is 0 Å². The van der Waals surface area contributed by atoms with Crippen LogP contribution in [-0.2, 0) is 0 Å². The summed E-state index contributed by atoms with van der Waals surface area (Å²) in [6.45, 7) is 0. The van der Waals surface area contributed by atoms with Crippen LogP contribution in [-0.4, -0.2) is 17.1 Å². The van der Waals surface area contributed by atoms with Crippen LogP contribution in [0.3, 0.4) is 0 Å². The SMILES string of the molecule is COc1nc2ccc(F)cc2[nH]1. The largest absolute Gasteiger partial charge is 0.468 e. The first-order valence-corrected chi connectivity index (χ1v) is 3.49. The average Bonchev–Trinajstić information content (AvgIpc) is 2.46. The van der Waals surface area contributed by atoms with E-state index in [1.165, 1.54) is 19.2 Å². The van der Waals surface area contributed by atoms with Crippen LogP contribution in [0.2, 0.25) is 0 Å². The van der Waals surface area contributed by atoms with E-state index >= 15 is 0 Å². The van der Waals surface area contributed by atoms with E-state index in [1.54, 1.807) is 6.07 Å². The number of benzene rings is 1. The third-order valence-corrected chi connectivity index (χ3v) is 1.62. The number of hydrogen-bond acceptors (Lipinski definition) is 2. The molecule has 0 saturated heterocycles. The molecular weight excluding hydrogens is 159 g/mol. The maximum atomic E-state index is 12.7. The Balaban J connectivity index is 2.67. The summed E-state index contributed by atoms with van der Waals surface area (Å²) in [6.07, 6.45) is 0. The van der Waals surface area contributed by atoms with Crippen molar-refractivity contribution in [2.45, 2.75) is 0 Å². The van der Waals surface area contributed by atoms with Gasteiger partial charge in [0.25, 0.3) is 6.01 Å². The van der Waals surface area contributed by atoms with Gasteiger partial charge in [-0.3, -0.25) is 0 Å². The van der Waals surface area contributed by atoms with Crippen LogP contribution in [0, 0.1) is 5.82 Å². The van der Waals surface area contributed by atoms with Gasteiger partial charge in [0.2, 0.25) is 0 Å². The third-order valence-electron chi connectivity index (χ3n) is 1.62. The normalized spacial score (nSPS) is 10.5. The van der Waals surface area contributed by atoms with E-state index in [4.69, 9.17) is 4.74 Å². The Bertz CT molecular complexity index is 410. The Morgan fingerprint density at radius 2 is 2.33 bits per heavy atom. The van der Waals surface area contributed by atoms with Gasteiger partial charge in [-0.2, -0.15) is 4.98 Å². The number of rotatable bonds is 1. The minimum atomic E-state index is -0.284. The molecule has 1 N–H and O–H groups in total. The zero-order valence-corrected chi connectivity index (χ0v) is 6.47. The van der Waals surface area contributed by atoms with E-state index in [0.717, 1.165) is 0 Å². The van der Waals surface area contributed by atoms with Crippen molar-refractivity contribution in [2.75, 3.05) is 7.11 Å². The summed E-state index contributed by atoms with van der Waals surface area (Å²) < 4.78 is 17.5. The molecule has 0 saturated carbocycles. The lowest BCUT2D eigenvalue weighted by molar-refractivity contribution is 0.386. The van der Waals surface area contributed by atoms with Gasteiger partial charge in [-0.25, -0.2) is 4.39 Å². The fraction of sp³-hybridized carbons (Fsp3) is 0.125. The second kappa shape index (κ2) is 2.48. The number of halogens is 1. The van der Waals surface area contributed by atoms with Crippen molar-refractivity contribution in [3.63, 3.8) is 0 Å². The molecule has 1 aromatic carbocycles. The monoisotopic (exact) mass is 166 g/mol. The molecule has 0 radical (unpaired) electrons. The van der Waals surface area contributed by atoms with Gasteiger partial charge in [0, 0.05) is 0 Å². The number of fused-ring (bicyclic) bond motifs is 1. The quantitative estimate of drug-likeness (QED) is 0.700. The average molecular weight is 166 g/mol. The summed E-state index contributed by atoms with van der Waals surface area (Å²) in [5, 5.41) is 0. The standard InChI is InChI=1S/C8H7FN2O/c1-12-8-10-6-3-2-5(9)4-7(6)11-8/h2-4H,1H3,(H,10,11). The summed E-state index contributed by atoms with van der Waals surface area (Å²) in [4.78, 5) is 6.84. The second-order valence-corrected chi connectivity index (χ2v) is 2.41. The van der Waals surface area contributed by atoms with Crippen molar-refractivity contribution in [3.05, 3.63) is 24.0 Å². The van der Waals surface area contributed by atoms with Gasteiger partial charge in [0.15, 0.2) is 0 Å². The first-order chi connectivity index (χ1) is 5.79. The van der Waals surface area contributed by atoms with Crippen molar-refractivity contribution in [3.8, 4) is 6.01 Å². The Labute approximate surface area is 68.2 Å². The summed E-state index contributed by atoms with van der Waals surface area (Å²) in [5.41, 5.74) is 1.35. The van der Waals surface area contributed by atoms with Gasteiger partial charge in [0.05, 0.1) is 18.1 Å². The molecule has 0 aliphatic carbocycles. The fourth-order valence-corrected chi connectivity index (χ4v) is 1.06. The molecule has 2 rings (SSSR count). The van der Waals surface area contributed by atoms with Crippen LogP contribution in [0.4, 0.5) is 4.39 Å². The van der Waals surface area contributed by atoms with E-state index in [2.05, 4.69) is 9.97 Å². The number of aromatic nitrogens is 2. The zero-order valence-electron chi connectivity index (χ0n) is 6.47. The highest BCUT2D eigenvalue weighted by Gasteiger charge is 2.02. The van der Waals surface area contributed by atoms with E-state index in [0.29, 0.717) is 17.0 Å². The maximum absolute atomic E-state index is 12.7. The smallest absolute Gasteiger partial charge is 0.294 e. The van der Waals surface area contributed by atoms with Gasteiger partial charge in [-0.15, -0.1) is 0 Å². The van der Waals surface area contributed by atoms with Crippen LogP contribution in [0.5, 0.6) is 6.01 Å². The Kier molecular flexibility index (Phi) is 1.46. The van der Waals surface area contributed by atoms with Crippen molar-refractivity contribution in [2.24, 2.45) is 0 Å². The number of imidazole rings is 1. The van der Waals surface area contributed by atoms with Crippen molar-refractivity contribution in [1.82, 2.24) is 9.97 Å². The number of nitrogens with one attached hydrogen (secondary N) is 1. The molecule has 0 fully saturated rings.